The summed E-state index contributed by atoms with van der Waals surface area (Å²) in [6.07, 6.45) is 1.73. The van der Waals surface area contributed by atoms with Gasteiger partial charge in [-0.05, 0) is 20.8 Å². The van der Waals surface area contributed by atoms with Gasteiger partial charge in [-0.2, -0.15) is 5.10 Å². The van der Waals surface area contributed by atoms with Gasteiger partial charge in [-0.3, -0.25) is 9.48 Å². The van der Waals surface area contributed by atoms with Gasteiger partial charge in [-0.25, -0.2) is 0 Å². The fraction of sp³-hybridized carbons (Fsp3) is 0.636. The first-order chi connectivity index (χ1) is 7.93. The minimum atomic E-state index is -0.0214. The van der Waals surface area contributed by atoms with Crippen molar-refractivity contribution in [3.63, 3.8) is 0 Å². The maximum atomic E-state index is 11.7. The number of aromatic nitrogens is 2. The van der Waals surface area contributed by atoms with Crippen molar-refractivity contribution in [3.05, 3.63) is 6.20 Å². The highest BCUT2D eigenvalue weighted by molar-refractivity contribution is 5.82. The smallest absolute Gasteiger partial charge is 0.239 e. The van der Waals surface area contributed by atoms with E-state index < -0.39 is 0 Å². The van der Waals surface area contributed by atoms with Gasteiger partial charge in [-0.15, -0.1) is 0 Å². The van der Waals surface area contributed by atoms with Gasteiger partial charge >= 0.3 is 0 Å². The van der Waals surface area contributed by atoms with Crippen LogP contribution in [0.25, 0.3) is 0 Å². The lowest BCUT2D eigenvalue weighted by Gasteiger charge is -2.21. The van der Waals surface area contributed by atoms with Crippen molar-refractivity contribution >= 4 is 17.4 Å². The second-order valence-electron chi connectivity index (χ2n) is 4.32. The quantitative estimate of drug-likeness (QED) is 0.777. The number of nitrogens with one attached hydrogen (secondary N) is 1. The number of aryl methyl sites for hydroxylation is 1. The highest BCUT2D eigenvalue weighted by atomic mass is 16.2. The van der Waals surface area contributed by atoms with Crippen molar-refractivity contribution in [2.45, 2.75) is 26.8 Å². The average Bonchev–Trinajstić information content (AvgIpc) is 2.53. The number of hydrogen-bond acceptors (Lipinski definition) is 4. The number of carbonyl (C=O) groups excluding carboxylic acids is 1. The summed E-state index contributed by atoms with van der Waals surface area (Å²) in [6, 6.07) is 0.141. The van der Waals surface area contributed by atoms with E-state index in [1.807, 2.05) is 32.7 Å². The van der Waals surface area contributed by atoms with Crippen molar-refractivity contribution in [1.82, 2.24) is 15.1 Å². The summed E-state index contributed by atoms with van der Waals surface area (Å²) in [6.45, 7) is 6.80. The molecule has 0 aliphatic rings. The molecular formula is C11H21N5O. The van der Waals surface area contributed by atoms with Crippen LogP contribution in [0.4, 0.5) is 11.5 Å². The van der Waals surface area contributed by atoms with Crippen LogP contribution in [0.1, 0.15) is 20.8 Å². The highest BCUT2D eigenvalue weighted by Crippen LogP contribution is 2.19. The molecule has 96 valence electrons. The lowest BCUT2D eigenvalue weighted by Crippen LogP contribution is -2.40. The Morgan fingerprint density at radius 3 is 2.71 bits per heavy atom. The SMILES string of the molecule is CCN(CC(=O)NC(C)C)c1nn(C)cc1N. The Hall–Kier alpha value is -1.72. The Morgan fingerprint density at radius 1 is 1.65 bits per heavy atom. The van der Waals surface area contributed by atoms with Gasteiger partial charge < -0.3 is 16.0 Å². The molecule has 0 spiro atoms. The molecule has 1 aromatic rings. The minimum Gasteiger partial charge on any atom is -0.394 e. The van der Waals surface area contributed by atoms with E-state index in [4.69, 9.17) is 5.73 Å². The number of nitrogens with zero attached hydrogens (tertiary/aromatic N) is 3. The van der Waals surface area contributed by atoms with E-state index in [0.717, 1.165) is 0 Å². The molecule has 0 fully saturated rings. The van der Waals surface area contributed by atoms with Gasteiger partial charge in [-0.1, -0.05) is 0 Å². The molecular weight excluding hydrogens is 218 g/mol. The van der Waals surface area contributed by atoms with Gasteiger partial charge in [0.15, 0.2) is 5.82 Å². The number of amides is 1. The van der Waals surface area contributed by atoms with E-state index >= 15 is 0 Å². The number of likely N-dealkylation sites (N-methyl/N-ethyl adjacent to an activating group) is 1. The first-order valence-electron chi connectivity index (χ1n) is 5.77. The van der Waals surface area contributed by atoms with Crippen LogP contribution in [0.3, 0.4) is 0 Å². The molecule has 0 atom stereocenters. The molecule has 1 heterocycles. The third-order valence-corrected chi connectivity index (χ3v) is 2.30. The van der Waals surface area contributed by atoms with E-state index in [2.05, 4.69) is 10.4 Å². The predicted octanol–water partition coefficient (Wildman–Crippen LogP) is 0.353. The number of anilines is 2. The fourth-order valence-electron chi connectivity index (χ4n) is 1.62. The number of rotatable bonds is 5. The number of nitrogens with two attached hydrogens (primary N) is 1. The summed E-state index contributed by atoms with van der Waals surface area (Å²) in [5.74, 6) is 0.640. The lowest BCUT2D eigenvalue weighted by molar-refractivity contribution is -0.120. The molecule has 1 aromatic heterocycles. The number of carbonyl (C=O) groups is 1. The zero-order valence-corrected chi connectivity index (χ0v) is 10.9. The molecule has 0 saturated heterocycles. The Bertz CT molecular complexity index is 385. The van der Waals surface area contributed by atoms with Gasteiger partial charge in [0.2, 0.25) is 5.91 Å². The maximum absolute atomic E-state index is 11.7. The highest BCUT2D eigenvalue weighted by Gasteiger charge is 2.15. The third kappa shape index (κ3) is 3.65. The number of hydrogen-bond donors (Lipinski definition) is 2. The molecule has 17 heavy (non-hydrogen) atoms. The van der Waals surface area contributed by atoms with E-state index in [9.17, 15) is 4.79 Å². The van der Waals surface area contributed by atoms with Crippen LogP contribution in [0.2, 0.25) is 0 Å². The van der Waals surface area contributed by atoms with Gasteiger partial charge in [0.05, 0.1) is 12.2 Å². The van der Waals surface area contributed by atoms with E-state index in [1.54, 1.807) is 10.9 Å². The standard InChI is InChI=1S/C11H21N5O/c1-5-16(7-10(17)13-8(2)3)11-9(12)6-15(4)14-11/h6,8H,5,7,12H2,1-4H3,(H,13,17). The summed E-state index contributed by atoms with van der Waals surface area (Å²) in [5.41, 5.74) is 6.43. The average molecular weight is 239 g/mol. The first-order valence-corrected chi connectivity index (χ1v) is 5.77. The Labute approximate surface area is 102 Å². The van der Waals surface area contributed by atoms with Crippen LogP contribution in [-0.2, 0) is 11.8 Å². The Balaban J connectivity index is 2.72. The Morgan fingerprint density at radius 2 is 2.29 bits per heavy atom. The van der Waals surface area contributed by atoms with Crippen molar-refractivity contribution < 1.29 is 4.79 Å². The molecule has 3 N–H and O–H groups in total. The summed E-state index contributed by atoms with van der Waals surface area (Å²) < 4.78 is 1.65. The fourth-order valence-corrected chi connectivity index (χ4v) is 1.62. The zero-order valence-electron chi connectivity index (χ0n) is 10.9. The predicted molar refractivity (Wildman–Crippen MR) is 68.8 cm³/mol. The van der Waals surface area contributed by atoms with E-state index in [1.165, 1.54) is 0 Å². The molecule has 0 aliphatic carbocycles. The zero-order chi connectivity index (χ0) is 13.0. The van der Waals surface area contributed by atoms with Crippen LogP contribution >= 0.6 is 0 Å². The second kappa shape index (κ2) is 5.56. The third-order valence-electron chi connectivity index (χ3n) is 2.30. The molecule has 0 aromatic carbocycles. The van der Waals surface area contributed by atoms with Crippen LogP contribution in [-0.4, -0.2) is 34.8 Å². The molecule has 0 unspecified atom stereocenters. The molecule has 0 aliphatic heterocycles. The van der Waals surface area contributed by atoms with Crippen molar-refractivity contribution in [2.75, 3.05) is 23.7 Å². The van der Waals surface area contributed by atoms with Crippen molar-refractivity contribution in [1.29, 1.82) is 0 Å². The lowest BCUT2D eigenvalue weighted by atomic mass is 10.3. The first kappa shape index (κ1) is 13.3. The topological polar surface area (TPSA) is 76.2 Å². The van der Waals surface area contributed by atoms with Crippen LogP contribution in [0.5, 0.6) is 0 Å². The van der Waals surface area contributed by atoms with Gasteiger partial charge in [0, 0.05) is 25.8 Å². The van der Waals surface area contributed by atoms with Crippen LogP contribution in [0, 0.1) is 0 Å². The molecule has 6 heteroatoms. The molecule has 0 saturated carbocycles. The summed E-state index contributed by atoms with van der Waals surface area (Å²) in [7, 11) is 1.81. The molecule has 0 radical (unpaired) electrons. The normalized spacial score (nSPS) is 10.6. The van der Waals surface area contributed by atoms with Crippen LogP contribution in [0.15, 0.2) is 6.20 Å². The summed E-state index contributed by atoms with van der Waals surface area (Å²) in [5, 5.41) is 7.10. The maximum Gasteiger partial charge on any atom is 0.239 e. The molecule has 1 rings (SSSR count). The largest absolute Gasteiger partial charge is 0.394 e. The molecule has 0 bridgehead atoms. The van der Waals surface area contributed by atoms with Gasteiger partial charge in [0.1, 0.15) is 0 Å². The van der Waals surface area contributed by atoms with E-state index in [0.29, 0.717) is 18.1 Å². The van der Waals surface area contributed by atoms with Gasteiger partial charge in [0.25, 0.3) is 0 Å². The van der Waals surface area contributed by atoms with Crippen molar-refractivity contribution in [2.24, 2.45) is 7.05 Å². The van der Waals surface area contributed by atoms with Crippen molar-refractivity contribution in [3.8, 4) is 0 Å². The monoisotopic (exact) mass is 239 g/mol. The summed E-state index contributed by atoms with van der Waals surface area (Å²) >= 11 is 0. The minimum absolute atomic E-state index is 0.0214. The second-order valence-corrected chi connectivity index (χ2v) is 4.32. The number of nitrogen functional groups attached to an aromatic ring is 1. The molecule has 1 amide bonds. The van der Waals surface area contributed by atoms with Crippen LogP contribution < -0.4 is 16.0 Å². The molecule has 6 nitrogen and oxygen atoms in total. The van der Waals surface area contributed by atoms with E-state index in [-0.39, 0.29) is 18.5 Å². The Kier molecular flexibility index (Phi) is 4.37. The summed E-state index contributed by atoms with van der Waals surface area (Å²) in [4.78, 5) is 13.5.